The van der Waals surface area contributed by atoms with Crippen molar-refractivity contribution in [1.82, 2.24) is 14.9 Å². The number of aromatic nitrogens is 2. The number of nitrogens with one attached hydrogen (secondary N) is 1. The fourth-order valence-electron chi connectivity index (χ4n) is 1.59. The van der Waals surface area contributed by atoms with Crippen molar-refractivity contribution < 1.29 is 0 Å². The molecule has 17 heavy (non-hydrogen) atoms. The fraction of sp³-hybridized carbons (Fsp3) is 0.667. The van der Waals surface area contributed by atoms with Gasteiger partial charge in [-0.1, -0.05) is 37.8 Å². The van der Waals surface area contributed by atoms with Gasteiger partial charge in [0.1, 0.15) is 0 Å². The van der Waals surface area contributed by atoms with Gasteiger partial charge in [0.25, 0.3) is 0 Å². The van der Waals surface area contributed by atoms with E-state index in [0.717, 1.165) is 13.1 Å². The second kappa shape index (κ2) is 8.25. The van der Waals surface area contributed by atoms with E-state index in [1.165, 1.54) is 36.4 Å². The maximum atomic E-state index is 11.3. The van der Waals surface area contributed by atoms with Crippen LogP contribution in [0.2, 0.25) is 5.02 Å². The van der Waals surface area contributed by atoms with Crippen LogP contribution in [-0.4, -0.2) is 22.6 Å². The van der Waals surface area contributed by atoms with Crippen LogP contribution >= 0.6 is 11.6 Å². The van der Waals surface area contributed by atoms with Crippen LogP contribution in [0.3, 0.4) is 0 Å². The SMILES string of the molecule is CCCCCCNCCn1cc(Cl)cnc1=O. The Bertz CT molecular complexity index is 378. The summed E-state index contributed by atoms with van der Waals surface area (Å²) in [4.78, 5) is 15.0. The zero-order valence-electron chi connectivity index (χ0n) is 10.3. The third-order valence-corrected chi connectivity index (χ3v) is 2.75. The van der Waals surface area contributed by atoms with Crippen molar-refractivity contribution in [2.75, 3.05) is 13.1 Å². The Balaban J connectivity index is 2.18. The highest BCUT2D eigenvalue weighted by molar-refractivity contribution is 6.30. The first-order valence-corrected chi connectivity index (χ1v) is 6.54. The Morgan fingerprint density at radius 2 is 2.18 bits per heavy atom. The number of halogens is 1. The van der Waals surface area contributed by atoms with Gasteiger partial charge in [-0.15, -0.1) is 0 Å². The highest BCUT2D eigenvalue weighted by Crippen LogP contribution is 2.00. The monoisotopic (exact) mass is 257 g/mol. The molecule has 0 fully saturated rings. The molecule has 96 valence electrons. The predicted molar refractivity (Wildman–Crippen MR) is 70.5 cm³/mol. The largest absolute Gasteiger partial charge is 0.347 e. The minimum absolute atomic E-state index is 0.248. The average Bonchev–Trinajstić information content (AvgIpc) is 2.32. The van der Waals surface area contributed by atoms with Gasteiger partial charge in [0.05, 0.1) is 11.2 Å². The molecule has 0 amide bonds. The summed E-state index contributed by atoms with van der Waals surface area (Å²) in [6.45, 7) is 4.59. The normalized spacial score (nSPS) is 10.7. The lowest BCUT2D eigenvalue weighted by Crippen LogP contribution is -2.28. The van der Waals surface area contributed by atoms with Gasteiger partial charge < -0.3 is 5.32 Å². The number of unbranched alkanes of at least 4 members (excludes halogenated alkanes) is 3. The molecule has 0 aliphatic carbocycles. The average molecular weight is 258 g/mol. The van der Waals surface area contributed by atoms with E-state index in [9.17, 15) is 4.79 Å². The van der Waals surface area contributed by atoms with Crippen molar-refractivity contribution >= 4 is 11.6 Å². The first-order chi connectivity index (χ1) is 8.24. The van der Waals surface area contributed by atoms with Crippen molar-refractivity contribution in [3.05, 3.63) is 27.9 Å². The molecule has 0 spiro atoms. The highest BCUT2D eigenvalue weighted by Gasteiger charge is 1.97. The third kappa shape index (κ3) is 5.84. The van der Waals surface area contributed by atoms with Gasteiger partial charge in [-0.2, -0.15) is 0 Å². The van der Waals surface area contributed by atoms with E-state index in [-0.39, 0.29) is 5.69 Å². The molecule has 0 bridgehead atoms. The molecule has 0 atom stereocenters. The molecule has 1 N–H and O–H groups in total. The standard InChI is InChI=1S/C12H20ClN3O/c1-2-3-4-5-6-14-7-8-16-10-11(13)9-15-12(16)17/h9-10,14H,2-8H2,1H3. The van der Waals surface area contributed by atoms with Crippen molar-refractivity contribution in [1.29, 1.82) is 0 Å². The molecule has 4 nitrogen and oxygen atoms in total. The number of hydrogen-bond acceptors (Lipinski definition) is 3. The number of hydrogen-bond donors (Lipinski definition) is 1. The first kappa shape index (κ1) is 14.2. The quantitative estimate of drug-likeness (QED) is 0.726. The molecule has 0 saturated heterocycles. The van der Waals surface area contributed by atoms with E-state index < -0.39 is 0 Å². The van der Waals surface area contributed by atoms with E-state index in [1.807, 2.05) is 0 Å². The molecule has 0 saturated carbocycles. The molecule has 1 aromatic heterocycles. The second-order valence-electron chi connectivity index (χ2n) is 4.06. The summed E-state index contributed by atoms with van der Waals surface area (Å²) in [5.41, 5.74) is -0.248. The van der Waals surface area contributed by atoms with Crippen LogP contribution in [0, 0.1) is 0 Å². The zero-order valence-corrected chi connectivity index (χ0v) is 11.0. The van der Waals surface area contributed by atoms with Gasteiger partial charge in [0, 0.05) is 19.3 Å². The summed E-state index contributed by atoms with van der Waals surface area (Å²) in [7, 11) is 0. The minimum Gasteiger partial charge on any atom is -0.315 e. The fourth-order valence-corrected chi connectivity index (χ4v) is 1.76. The topological polar surface area (TPSA) is 46.9 Å². The van der Waals surface area contributed by atoms with Crippen molar-refractivity contribution in [3.63, 3.8) is 0 Å². The van der Waals surface area contributed by atoms with Gasteiger partial charge in [-0.05, 0) is 13.0 Å². The van der Waals surface area contributed by atoms with Crippen LogP contribution in [0.15, 0.2) is 17.2 Å². The minimum atomic E-state index is -0.248. The lowest BCUT2D eigenvalue weighted by molar-refractivity contribution is 0.549. The molecule has 1 rings (SSSR count). The van der Waals surface area contributed by atoms with E-state index >= 15 is 0 Å². The lowest BCUT2D eigenvalue weighted by atomic mass is 10.2. The second-order valence-corrected chi connectivity index (χ2v) is 4.50. The van der Waals surface area contributed by atoms with Crippen LogP contribution < -0.4 is 11.0 Å². The summed E-state index contributed by atoms with van der Waals surface area (Å²) < 4.78 is 1.53. The molecule has 0 aromatic carbocycles. The van der Waals surface area contributed by atoms with Gasteiger partial charge in [0.15, 0.2) is 0 Å². The van der Waals surface area contributed by atoms with Crippen LogP contribution in [0.5, 0.6) is 0 Å². The molecule has 0 aliphatic heterocycles. The van der Waals surface area contributed by atoms with Crippen LogP contribution in [0.4, 0.5) is 0 Å². The Hall–Kier alpha value is -0.870. The molecule has 1 heterocycles. The molecular formula is C12H20ClN3O. The predicted octanol–water partition coefficient (Wildman–Crippen LogP) is 2.07. The highest BCUT2D eigenvalue weighted by atomic mass is 35.5. The van der Waals surface area contributed by atoms with Crippen molar-refractivity contribution in [2.24, 2.45) is 0 Å². The smallest absolute Gasteiger partial charge is 0.315 e. The summed E-state index contributed by atoms with van der Waals surface area (Å²) in [6.07, 6.45) is 8.00. The van der Waals surface area contributed by atoms with Crippen molar-refractivity contribution in [3.8, 4) is 0 Å². The van der Waals surface area contributed by atoms with Crippen LogP contribution in [0.1, 0.15) is 32.6 Å². The Morgan fingerprint density at radius 1 is 1.35 bits per heavy atom. The maximum Gasteiger partial charge on any atom is 0.347 e. The zero-order chi connectivity index (χ0) is 12.5. The van der Waals surface area contributed by atoms with E-state index in [2.05, 4.69) is 17.2 Å². The number of nitrogens with zero attached hydrogens (tertiary/aromatic N) is 2. The molecule has 1 aromatic rings. The van der Waals surface area contributed by atoms with Gasteiger partial charge in [0.2, 0.25) is 0 Å². The molecule has 5 heteroatoms. The van der Waals surface area contributed by atoms with Gasteiger partial charge >= 0.3 is 5.69 Å². The Labute approximate surface area is 107 Å². The summed E-state index contributed by atoms with van der Waals surface area (Å²) in [6, 6.07) is 0. The maximum absolute atomic E-state index is 11.3. The molecular weight excluding hydrogens is 238 g/mol. The van der Waals surface area contributed by atoms with E-state index in [0.29, 0.717) is 11.6 Å². The van der Waals surface area contributed by atoms with E-state index in [1.54, 1.807) is 6.20 Å². The van der Waals surface area contributed by atoms with Gasteiger partial charge in [-0.3, -0.25) is 4.57 Å². The van der Waals surface area contributed by atoms with Crippen molar-refractivity contribution in [2.45, 2.75) is 39.2 Å². The summed E-state index contributed by atoms with van der Waals surface area (Å²) >= 11 is 5.77. The first-order valence-electron chi connectivity index (χ1n) is 6.16. The van der Waals surface area contributed by atoms with E-state index in [4.69, 9.17) is 11.6 Å². The number of rotatable bonds is 8. The Kier molecular flexibility index (Phi) is 6.89. The molecule has 0 unspecified atom stereocenters. The molecule has 0 aliphatic rings. The summed E-state index contributed by atoms with van der Waals surface area (Å²) in [5.74, 6) is 0. The third-order valence-electron chi connectivity index (χ3n) is 2.56. The molecule has 0 radical (unpaired) electrons. The van der Waals surface area contributed by atoms with Crippen LogP contribution in [0.25, 0.3) is 0 Å². The van der Waals surface area contributed by atoms with Gasteiger partial charge in [-0.25, -0.2) is 9.78 Å². The summed E-state index contributed by atoms with van der Waals surface area (Å²) in [5, 5.41) is 3.80. The lowest BCUT2D eigenvalue weighted by Gasteiger charge is -2.06. The van der Waals surface area contributed by atoms with Crippen LogP contribution in [-0.2, 0) is 6.54 Å². The Morgan fingerprint density at radius 3 is 2.94 bits per heavy atom.